The molecule has 0 unspecified atom stereocenters. The summed E-state index contributed by atoms with van der Waals surface area (Å²) in [6, 6.07) is 15.1. The summed E-state index contributed by atoms with van der Waals surface area (Å²) in [7, 11) is 0. The molecule has 1 amide bonds. The van der Waals surface area contributed by atoms with Crippen LogP contribution in [-0.2, 0) is 4.79 Å². The van der Waals surface area contributed by atoms with Crippen molar-refractivity contribution >= 4 is 22.4 Å². The molecule has 17 heavy (non-hydrogen) atoms. The minimum absolute atomic E-state index is 0.0679. The lowest BCUT2D eigenvalue weighted by atomic mass is 10.1. The molecule has 0 saturated heterocycles. The Hall–Kier alpha value is -1.83. The van der Waals surface area contributed by atoms with Gasteiger partial charge in [-0.2, -0.15) is 0 Å². The Morgan fingerprint density at radius 1 is 1.24 bits per heavy atom. The van der Waals surface area contributed by atoms with Crippen LogP contribution in [0.5, 0.6) is 0 Å². The summed E-state index contributed by atoms with van der Waals surface area (Å²) in [4.78, 5) is 11.6. The standard InChI is InChI=1S/C15H16NO/c1-2-3-8-15(17)16-14-10-9-12-6-4-5-7-13(12)11-14/h4-7,9-10H,2-3,8H2,1H3,(H,16,17). The minimum Gasteiger partial charge on any atom is -0.325 e. The number of nitrogens with one attached hydrogen (secondary N) is 1. The quantitative estimate of drug-likeness (QED) is 0.844. The first kappa shape index (κ1) is 11.6. The zero-order chi connectivity index (χ0) is 12.1. The summed E-state index contributed by atoms with van der Waals surface area (Å²) in [6.07, 6.45) is 2.55. The Morgan fingerprint density at radius 3 is 2.88 bits per heavy atom. The Balaban J connectivity index is 2.11. The van der Waals surface area contributed by atoms with Gasteiger partial charge in [-0.05, 0) is 23.3 Å². The van der Waals surface area contributed by atoms with Crippen LogP contribution < -0.4 is 5.32 Å². The first-order valence-electron chi connectivity index (χ1n) is 6.00. The summed E-state index contributed by atoms with van der Waals surface area (Å²) in [6.45, 7) is 2.08. The van der Waals surface area contributed by atoms with Crippen LogP contribution in [0.2, 0.25) is 0 Å². The lowest BCUT2D eigenvalue weighted by Crippen LogP contribution is -2.10. The van der Waals surface area contributed by atoms with Gasteiger partial charge in [-0.3, -0.25) is 4.79 Å². The molecule has 2 heteroatoms. The van der Waals surface area contributed by atoms with Gasteiger partial charge < -0.3 is 5.32 Å². The lowest BCUT2D eigenvalue weighted by molar-refractivity contribution is -0.116. The molecule has 0 fully saturated rings. The normalized spacial score (nSPS) is 10.4. The summed E-state index contributed by atoms with van der Waals surface area (Å²) in [5.41, 5.74) is 0.754. The first-order chi connectivity index (χ1) is 8.29. The van der Waals surface area contributed by atoms with Crippen LogP contribution in [0.15, 0.2) is 36.4 Å². The highest BCUT2D eigenvalue weighted by molar-refractivity contribution is 5.93. The number of hydrogen-bond acceptors (Lipinski definition) is 1. The minimum atomic E-state index is 0.0679. The number of amides is 1. The van der Waals surface area contributed by atoms with E-state index in [1.54, 1.807) is 0 Å². The lowest BCUT2D eigenvalue weighted by Gasteiger charge is -2.05. The van der Waals surface area contributed by atoms with Crippen LogP contribution in [0.1, 0.15) is 26.2 Å². The molecule has 0 aromatic heterocycles. The van der Waals surface area contributed by atoms with Crippen LogP contribution in [0.3, 0.4) is 0 Å². The maximum absolute atomic E-state index is 11.6. The number of carbonyl (C=O) groups is 1. The Kier molecular flexibility index (Phi) is 3.76. The van der Waals surface area contributed by atoms with Crippen molar-refractivity contribution in [1.29, 1.82) is 0 Å². The number of benzene rings is 2. The van der Waals surface area contributed by atoms with E-state index in [9.17, 15) is 4.79 Å². The van der Waals surface area contributed by atoms with Crippen LogP contribution >= 0.6 is 0 Å². The van der Waals surface area contributed by atoms with Crippen LogP contribution in [0.25, 0.3) is 10.8 Å². The third-order valence-corrected chi connectivity index (χ3v) is 2.69. The Labute approximate surface area is 102 Å². The molecule has 2 aromatic rings. The van der Waals surface area contributed by atoms with Gasteiger partial charge in [-0.15, -0.1) is 0 Å². The molecule has 0 spiro atoms. The van der Waals surface area contributed by atoms with E-state index in [-0.39, 0.29) is 5.91 Å². The van der Waals surface area contributed by atoms with Gasteiger partial charge in [0.25, 0.3) is 0 Å². The zero-order valence-electron chi connectivity index (χ0n) is 9.99. The molecule has 0 heterocycles. The van der Waals surface area contributed by atoms with Crippen molar-refractivity contribution in [2.75, 3.05) is 5.32 Å². The van der Waals surface area contributed by atoms with E-state index in [1.807, 2.05) is 36.4 Å². The zero-order valence-corrected chi connectivity index (χ0v) is 9.99. The number of hydrogen-bond donors (Lipinski definition) is 1. The molecular weight excluding hydrogens is 210 g/mol. The molecule has 2 aromatic carbocycles. The average Bonchev–Trinajstić information content (AvgIpc) is 2.36. The van der Waals surface area contributed by atoms with E-state index >= 15 is 0 Å². The fourth-order valence-electron chi connectivity index (χ4n) is 1.74. The SMILES string of the molecule is CCCCC(=O)Nc1[c]c2ccccc2cc1. The van der Waals surface area contributed by atoms with Crippen molar-refractivity contribution in [1.82, 2.24) is 0 Å². The number of unbranched alkanes of at least 4 members (excludes halogenated alkanes) is 1. The predicted octanol–water partition coefficient (Wildman–Crippen LogP) is 3.77. The molecule has 87 valence electrons. The van der Waals surface area contributed by atoms with Crippen molar-refractivity contribution in [2.24, 2.45) is 0 Å². The van der Waals surface area contributed by atoms with Gasteiger partial charge in [0.15, 0.2) is 0 Å². The maximum atomic E-state index is 11.6. The topological polar surface area (TPSA) is 29.1 Å². The molecule has 0 aliphatic rings. The summed E-state index contributed by atoms with van der Waals surface area (Å²) in [5.74, 6) is 0.0679. The summed E-state index contributed by atoms with van der Waals surface area (Å²) in [5, 5.41) is 5.04. The molecule has 2 rings (SSSR count). The van der Waals surface area contributed by atoms with Crippen molar-refractivity contribution in [3.63, 3.8) is 0 Å². The molecule has 0 atom stereocenters. The number of fused-ring (bicyclic) bond motifs is 1. The largest absolute Gasteiger partial charge is 0.325 e. The molecule has 0 bridgehead atoms. The molecule has 0 saturated carbocycles. The number of rotatable bonds is 4. The number of carbonyl (C=O) groups excluding carboxylic acids is 1. The van der Waals surface area contributed by atoms with Crippen LogP contribution in [-0.4, -0.2) is 5.91 Å². The van der Waals surface area contributed by atoms with E-state index in [0.29, 0.717) is 6.42 Å². The van der Waals surface area contributed by atoms with Crippen molar-refractivity contribution in [3.8, 4) is 0 Å². The smallest absolute Gasteiger partial charge is 0.224 e. The predicted molar refractivity (Wildman–Crippen MR) is 70.9 cm³/mol. The second-order valence-corrected chi connectivity index (χ2v) is 4.11. The van der Waals surface area contributed by atoms with E-state index in [4.69, 9.17) is 0 Å². The van der Waals surface area contributed by atoms with Gasteiger partial charge in [-0.1, -0.05) is 43.7 Å². The van der Waals surface area contributed by atoms with Gasteiger partial charge in [0.1, 0.15) is 0 Å². The van der Waals surface area contributed by atoms with Gasteiger partial charge >= 0.3 is 0 Å². The summed E-state index contributed by atoms with van der Waals surface area (Å²) >= 11 is 0. The van der Waals surface area contributed by atoms with Crippen LogP contribution in [0.4, 0.5) is 5.69 Å². The Morgan fingerprint density at radius 2 is 2.06 bits per heavy atom. The molecule has 1 N–H and O–H groups in total. The monoisotopic (exact) mass is 226 g/mol. The van der Waals surface area contributed by atoms with Gasteiger partial charge in [0.05, 0.1) is 0 Å². The highest BCUT2D eigenvalue weighted by Crippen LogP contribution is 2.18. The van der Waals surface area contributed by atoms with E-state index in [1.165, 1.54) is 0 Å². The second-order valence-electron chi connectivity index (χ2n) is 4.11. The van der Waals surface area contributed by atoms with Crippen molar-refractivity contribution in [3.05, 3.63) is 42.5 Å². The molecule has 2 nitrogen and oxygen atoms in total. The second kappa shape index (κ2) is 5.48. The summed E-state index contributed by atoms with van der Waals surface area (Å²) < 4.78 is 0. The first-order valence-corrected chi connectivity index (χ1v) is 6.00. The fourth-order valence-corrected chi connectivity index (χ4v) is 1.74. The Bertz CT molecular complexity index is 519. The molecule has 1 radical (unpaired) electrons. The maximum Gasteiger partial charge on any atom is 0.224 e. The van der Waals surface area contributed by atoms with E-state index < -0.39 is 0 Å². The van der Waals surface area contributed by atoms with Crippen LogP contribution in [0, 0.1) is 6.07 Å². The van der Waals surface area contributed by atoms with Gasteiger partial charge in [0.2, 0.25) is 5.91 Å². The van der Waals surface area contributed by atoms with E-state index in [0.717, 1.165) is 29.3 Å². The van der Waals surface area contributed by atoms with E-state index in [2.05, 4.69) is 18.3 Å². The highest BCUT2D eigenvalue weighted by Gasteiger charge is 2.02. The van der Waals surface area contributed by atoms with Gasteiger partial charge in [-0.25, -0.2) is 0 Å². The third-order valence-electron chi connectivity index (χ3n) is 2.69. The number of anilines is 1. The van der Waals surface area contributed by atoms with Gasteiger partial charge in [0, 0.05) is 18.2 Å². The average molecular weight is 226 g/mol. The molecular formula is C15H16NO. The molecule has 0 aliphatic carbocycles. The van der Waals surface area contributed by atoms with Crippen molar-refractivity contribution in [2.45, 2.75) is 26.2 Å². The fraction of sp³-hybridized carbons (Fsp3) is 0.267. The van der Waals surface area contributed by atoms with Crippen molar-refractivity contribution < 1.29 is 4.79 Å². The highest BCUT2D eigenvalue weighted by atomic mass is 16.1. The third kappa shape index (κ3) is 3.06. The molecule has 0 aliphatic heterocycles.